The van der Waals surface area contributed by atoms with Crippen LogP contribution in [0.1, 0.15) is 52.2 Å². The van der Waals surface area contributed by atoms with Gasteiger partial charge < -0.3 is 29.6 Å². The highest BCUT2D eigenvalue weighted by Gasteiger charge is 2.66. The van der Waals surface area contributed by atoms with Gasteiger partial charge in [-0.15, -0.1) is 5.10 Å². The first-order chi connectivity index (χ1) is 25.0. The van der Waals surface area contributed by atoms with Crippen molar-refractivity contribution in [2.75, 3.05) is 17.3 Å². The predicted molar refractivity (Wildman–Crippen MR) is 199 cm³/mol. The quantitative estimate of drug-likeness (QED) is 0.140. The molecule has 1 aromatic heterocycles. The summed E-state index contributed by atoms with van der Waals surface area (Å²) in [6.45, 7) is 6.52. The monoisotopic (exact) mass is 717 g/mol. The number of anilines is 2. The van der Waals surface area contributed by atoms with Gasteiger partial charge in [0.05, 0.1) is 31.6 Å². The van der Waals surface area contributed by atoms with Crippen molar-refractivity contribution in [2.24, 2.45) is 5.92 Å². The van der Waals surface area contributed by atoms with Gasteiger partial charge in [0.2, 0.25) is 0 Å². The number of amides is 2. The summed E-state index contributed by atoms with van der Waals surface area (Å²) in [5, 5.41) is 22.3. The van der Waals surface area contributed by atoms with Crippen LogP contribution in [0.2, 0.25) is 18.6 Å². The third-order valence-corrected chi connectivity index (χ3v) is 12.9. The van der Waals surface area contributed by atoms with Crippen molar-refractivity contribution in [1.29, 1.82) is 0 Å². The Balaban J connectivity index is 1.11. The number of nitrogens with one attached hydrogen (secondary N) is 1. The summed E-state index contributed by atoms with van der Waals surface area (Å²) in [5.41, 5.74) is 3.13. The van der Waals surface area contributed by atoms with E-state index in [4.69, 9.17) is 9.47 Å². The van der Waals surface area contributed by atoms with E-state index in [0.29, 0.717) is 35.7 Å². The van der Waals surface area contributed by atoms with Gasteiger partial charge in [0, 0.05) is 34.8 Å². The maximum Gasteiger partial charge on any atom is 0.264 e. The number of benzene rings is 4. The average molecular weight is 718 g/mol. The van der Waals surface area contributed by atoms with Crippen LogP contribution in [0.25, 0.3) is 0 Å². The van der Waals surface area contributed by atoms with Gasteiger partial charge in [-0.05, 0) is 73.1 Å². The van der Waals surface area contributed by atoms with E-state index in [0.717, 1.165) is 22.4 Å². The van der Waals surface area contributed by atoms with Gasteiger partial charge in [-0.3, -0.25) is 14.3 Å². The maximum absolute atomic E-state index is 14.8. The molecule has 5 aromatic rings. The van der Waals surface area contributed by atoms with Gasteiger partial charge in [-0.25, -0.2) is 0 Å². The van der Waals surface area contributed by atoms with Crippen molar-refractivity contribution in [3.63, 3.8) is 0 Å². The van der Waals surface area contributed by atoms with Crippen molar-refractivity contribution in [1.82, 2.24) is 15.0 Å². The minimum Gasteiger partial charge on any atom is -0.497 e. The number of carbonyl (C=O) groups excluding carboxylic acids is 2. The molecule has 3 heterocycles. The van der Waals surface area contributed by atoms with Crippen LogP contribution in [0.3, 0.4) is 0 Å². The molecule has 0 bridgehead atoms. The summed E-state index contributed by atoms with van der Waals surface area (Å²) in [6.07, 6.45) is 0.889. The normalized spacial score (nSPS) is 21.7. The number of aryl methyl sites for hydroxylation is 1. The van der Waals surface area contributed by atoms with E-state index in [1.165, 1.54) is 0 Å². The molecule has 2 aliphatic rings. The molecule has 11 nitrogen and oxygen atoms in total. The van der Waals surface area contributed by atoms with Crippen LogP contribution in [-0.2, 0) is 28.2 Å². The van der Waals surface area contributed by atoms with E-state index in [2.05, 4.69) is 15.6 Å². The van der Waals surface area contributed by atoms with E-state index in [-0.39, 0.29) is 29.8 Å². The van der Waals surface area contributed by atoms with Crippen LogP contribution < -0.4 is 15.0 Å². The Morgan fingerprint density at radius 3 is 2.48 bits per heavy atom. The smallest absolute Gasteiger partial charge is 0.264 e. The molecule has 1 saturated heterocycles. The Bertz CT molecular complexity index is 2070. The van der Waals surface area contributed by atoms with Crippen LogP contribution >= 0.6 is 0 Å². The van der Waals surface area contributed by atoms with E-state index in [1.54, 1.807) is 47.2 Å². The van der Waals surface area contributed by atoms with Crippen LogP contribution in [0.4, 0.5) is 11.4 Å². The number of aromatic nitrogens is 3. The summed E-state index contributed by atoms with van der Waals surface area (Å²) < 4.78 is 13.8. The molecule has 1 spiro atoms. The number of rotatable bonds is 11. The lowest BCUT2D eigenvalue weighted by molar-refractivity contribution is -0.146. The number of hydrogen-bond acceptors (Lipinski definition) is 8. The summed E-state index contributed by atoms with van der Waals surface area (Å²) in [5.74, 6) is -0.0753. The van der Waals surface area contributed by atoms with E-state index in [9.17, 15) is 19.5 Å². The van der Waals surface area contributed by atoms with E-state index >= 15 is 0 Å². The van der Waals surface area contributed by atoms with Crippen molar-refractivity contribution >= 4 is 31.5 Å². The van der Waals surface area contributed by atoms with Gasteiger partial charge in [0.15, 0.2) is 13.9 Å². The first kappa shape index (κ1) is 35.3. The van der Waals surface area contributed by atoms with Crippen LogP contribution in [0.15, 0.2) is 109 Å². The Kier molecular flexibility index (Phi) is 9.57. The van der Waals surface area contributed by atoms with Gasteiger partial charge in [0.25, 0.3) is 11.8 Å². The molecule has 0 saturated carbocycles. The maximum atomic E-state index is 14.8. The van der Waals surface area contributed by atoms with Crippen LogP contribution in [-0.4, -0.2) is 58.2 Å². The molecule has 4 aromatic carbocycles. The zero-order valence-electron chi connectivity index (χ0n) is 29.6. The molecule has 2 amide bonds. The number of methoxy groups -OCH3 is 1. The molecule has 0 unspecified atom stereocenters. The third kappa shape index (κ3) is 6.54. The average Bonchev–Trinajstić information content (AvgIpc) is 3.81. The number of fused-ring (bicyclic) bond motifs is 2. The lowest BCUT2D eigenvalue weighted by atomic mass is 9.82. The molecule has 12 heteroatoms. The Morgan fingerprint density at radius 2 is 1.75 bits per heavy atom. The third-order valence-electron chi connectivity index (χ3n) is 10.4. The summed E-state index contributed by atoms with van der Waals surface area (Å²) >= 11 is 0. The Morgan fingerprint density at radius 1 is 1.02 bits per heavy atom. The standard InChI is InChI=1S/C40H43N5O6Si/c1-26-37(52(3,4)49)35(21-22-44-25-33(42-43-44)36(46)28-12-6-5-7-13-28)51-40(26)32-15-8-9-16-34(32)45(39(40)48)24-27-11-10-14-30(23-27)41-38(47)29-17-19-31(50-2)20-18-29/h5-20,23,25-26,35-37,46,49H,21-22,24H2,1-4H3,(H,41,47)/t26-,35+,36+,37-,40+/m0/s1. The molecule has 52 heavy (non-hydrogen) atoms. The van der Waals surface area contributed by atoms with Crippen molar-refractivity contribution in [2.45, 2.75) is 62.9 Å². The lowest BCUT2D eigenvalue weighted by Gasteiger charge is -2.32. The van der Waals surface area contributed by atoms with Gasteiger partial charge >= 0.3 is 0 Å². The van der Waals surface area contributed by atoms with Crippen LogP contribution in [0.5, 0.6) is 5.75 Å². The minimum absolute atomic E-state index is 0.173. The molecular weight excluding hydrogens is 675 g/mol. The summed E-state index contributed by atoms with van der Waals surface area (Å²) in [7, 11) is -1.29. The lowest BCUT2D eigenvalue weighted by Crippen LogP contribution is -2.46. The number of hydrogen-bond donors (Lipinski definition) is 3. The highest BCUT2D eigenvalue weighted by Crippen LogP contribution is 2.59. The number of nitrogens with zero attached hydrogens (tertiary/aromatic N) is 4. The molecule has 5 atom stereocenters. The Hall–Kier alpha value is -5.14. The molecule has 0 aliphatic carbocycles. The molecule has 268 valence electrons. The van der Waals surface area contributed by atoms with Crippen molar-refractivity contribution in [3.05, 3.63) is 137 Å². The highest BCUT2D eigenvalue weighted by atomic mass is 28.4. The molecular formula is C40H43N5O6Si. The fourth-order valence-corrected chi connectivity index (χ4v) is 10.6. The Labute approximate surface area is 304 Å². The van der Waals surface area contributed by atoms with E-state index in [1.807, 2.05) is 98.9 Å². The van der Waals surface area contributed by atoms with Crippen molar-refractivity contribution < 1.29 is 29.0 Å². The molecule has 1 fully saturated rings. The highest BCUT2D eigenvalue weighted by molar-refractivity contribution is 6.71. The summed E-state index contributed by atoms with van der Waals surface area (Å²) in [6, 6.07) is 31.4. The zero-order chi connectivity index (χ0) is 36.6. The second-order valence-electron chi connectivity index (χ2n) is 14.2. The fourth-order valence-electron chi connectivity index (χ4n) is 7.95. The van der Waals surface area contributed by atoms with Gasteiger partial charge in [0.1, 0.15) is 17.5 Å². The first-order valence-corrected chi connectivity index (χ1v) is 20.5. The number of aliphatic hydroxyl groups excluding tert-OH is 1. The minimum atomic E-state index is -2.87. The second-order valence-corrected chi connectivity index (χ2v) is 18.1. The fraction of sp³-hybridized carbons (Fsp3) is 0.300. The second kappa shape index (κ2) is 14.1. The van der Waals surface area contributed by atoms with E-state index < -0.39 is 26.1 Å². The number of para-hydroxylation sites is 1. The van der Waals surface area contributed by atoms with Gasteiger partial charge in [-0.2, -0.15) is 0 Å². The molecule has 2 aliphatic heterocycles. The van der Waals surface area contributed by atoms with Gasteiger partial charge in [-0.1, -0.05) is 72.8 Å². The zero-order valence-corrected chi connectivity index (χ0v) is 30.6. The predicted octanol–water partition coefficient (Wildman–Crippen LogP) is 6.06. The topological polar surface area (TPSA) is 139 Å². The molecule has 3 N–H and O–H groups in total. The molecule has 0 radical (unpaired) electrons. The van der Waals surface area contributed by atoms with Crippen molar-refractivity contribution in [3.8, 4) is 5.75 Å². The number of ether oxygens (including phenoxy) is 2. The number of aliphatic hydroxyl groups is 1. The largest absolute Gasteiger partial charge is 0.497 e. The summed E-state index contributed by atoms with van der Waals surface area (Å²) in [4.78, 5) is 41.2. The van der Waals surface area contributed by atoms with Crippen LogP contribution in [0, 0.1) is 5.92 Å². The first-order valence-electron chi connectivity index (χ1n) is 17.5. The molecule has 7 rings (SSSR count). The SMILES string of the molecule is COc1ccc(C(=O)Nc2cccc(CN3C(=O)[C@]4(O[C@H](CCn5cc([C@H](O)c6ccccc6)nn5)[C@@H]([Si](C)(C)O)[C@@H]4C)c4ccccc43)c2)cc1. The number of carbonyl (C=O) groups is 2.